The molecular formula is C13H14ClN3O. The molecule has 5 heteroatoms. The van der Waals surface area contributed by atoms with Gasteiger partial charge in [-0.05, 0) is 26.0 Å². The molecule has 0 saturated carbocycles. The summed E-state index contributed by atoms with van der Waals surface area (Å²) in [5.41, 5.74) is 2.47. The lowest BCUT2D eigenvalue weighted by molar-refractivity contribution is 0.417. The van der Waals surface area contributed by atoms with Crippen LogP contribution in [0.15, 0.2) is 24.3 Å². The number of halogens is 1. The van der Waals surface area contributed by atoms with Crippen LogP contribution >= 0.6 is 11.6 Å². The molecule has 1 aromatic heterocycles. The predicted molar refractivity (Wildman–Crippen MR) is 72.8 cm³/mol. The van der Waals surface area contributed by atoms with E-state index >= 15 is 0 Å². The number of hydrogen-bond acceptors (Lipinski definition) is 4. The summed E-state index contributed by atoms with van der Waals surface area (Å²) in [6.45, 7) is 3.77. The Hall–Kier alpha value is -1.81. The zero-order chi connectivity index (χ0) is 13.1. The number of ether oxygens (including phenoxy) is 1. The van der Waals surface area contributed by atoms with Gasteiger partial charge in [-0.25, -0.2) is 9.97 Å². The van der Waals surface area contributed by atoms with Gasteiger partial charge in [-0.3, -0.25) is 0 Å². The molecule has 4 nitrogen and oxygen atoms in total. The van der Waals surface area contributed by atoms with Gasteiger partial charge in [0.15, 0.2) is 11.0 Å². The first kappa shape index (κ1) is 12.6. The van der Waals surface area contributed by atoms with E-state index in [4.69, 9.17) is 16.3 Å². The Balaban J connectivity index is 2.37. The number of aromatic nitrogens is 2. The van der Waals surface area contributed by atoms with Crippen molar-refractivity contribution in [3.8, 4) is 5.75 Å². The Morgan fingerprint density at radius 1 is 1.11 bits per heavy atom. The summed E-state index contributed by atoms with van der Waals surface area (Å²) in [4.78, 5) is 8.61. The van der Waals surface area contributed by atoms with Crippen molar-refractivity contribution in [1.29, 1.82) is 0 Å². The van der Waals surface area contributed by atoms with Crippen molar-refractivity contribution < 1.29 is 4.74 Å². The maximum atomic E-state index is 6.07. The molecule has 1 heterocycles. The van der Waals surface area contributed by atoms with Crippen LogP contribution in [0.1, 0.15) is 11.4 Å². The molecule has 2 rings (SSSR count). The zero-order valence-corrected chi connectivity index (χ0v) is 11.2. The molecule has 1 aromatic carbocycles. The van der Waals surface area contributed by atoms with Crippen LogP contribution in [-0.4, -0.2) is 17.1 Å². The first-order chi connectivity index (χ1) is 8.61. The monoisotopic (exact) mass is 263 g/mol. The van der Waals surface area contributed by atoms with Crippen molar-refractivity contribution >= 4 is 23.1 Å². The predicted octanol–water partition coefficient (Wildman–Crippen LogP) is 3.50. The lowest BCUT2D eigenvalue weighted by atomic mass is 10.3. The Morgan fingerprint density at radius 2 is 1.78 bits per heavy atom. The molecule has 0 spiro atoms. The average molecular weight is 264 g/mol. The van der Waals surface area contributed by atoms with Gasteiger partial charge in [0, 0.05) is 0 Å². The first-order valence-corrected chi connectivity index (χ1v) is 5.90. The van der Waals surface area contributed by atoms with E-state index < -0.39 is 0 Å². The fraction of sp³-hybridized carbons (Fsp3) is 0.231. The van der Waals surface area contributed by atoms with Crippen LogP contribution in [0.5, 0.6) is 5.75 Å². The minimum absolute atomic E-state index is 0.351. The van der Waals surface area contributed by atoms with Crippen LogP contribution in [0.4, 0.5) is 11.5 Å². The molecule has 0 saturated heterocycles. The highest BCUT2D eigenvalue weighted by Gasteiger charge is 2.09. The van der Waals surface area contributed by atoms with Gasteiger partial charge in [0.2, 0.25) is 0 Å². The van der Waals surface area contributed by atoms with Crippen molar-refractivity contribution in [3.05, 3.63) is 40.8 Å². The zero-order valence-electron chi connectivity index (χ0n) is 10.5. The Kier molecular flexibility index (Phi) is 3.67. The molecule has 0 aliphatic carbocycles. The summed E-state index contributed by atoms with van der Waals surface area (Å²) in [6.07, 6.45) is 0. The molecule has 0 bridgehead atoms. The highest BCUT2D eigenvalue weighted by Crippen LogP contribution is 2.29. The molecule has 0 aliphatic heterocycles. The number of benzene rings is 1. The topological polar surface area (TPSA) is 47.0 Å². The molecule has 0 fully saturated rings. The number of para-hydroxylation sites is 2. The molecule has 0 amide bonds. The van der Waals surface area contributed by atoms with Crippen LogP contribution < -0.4 is 10.1 Å². The summed E-state index contributed by atoms with van der Waals surface area (Å²) in [7, 11) is 1.62. The SMILES string of the molecule is COc1ccccc1Nc1nc(C)c(C)nc1Cl. The number of nitrogens with zero attached hydrogens (tertiary/aromatic N) is 2. The van der Waals surface area contributed by atoms with Gasteiger partial charge in [0.05, 0.1) is 24.2 Å². The lowest BCUT2D eigenvalue weighted by Crippen LogP contribution is -2.01. The highest BCUT2D eigenvalue weighted by molar-refractivity contribution is 6.31. The molecule has 18 heavy (non-hydrogen) atoms. The van der Waals surface area contributed by atoms with E-state index in [0.717, 1.165) is 22.8 Å². The van der Waals surface area contributed by atoms with Crippen LogP contribution in [-0.2, 0) is 0 Å². The van der Waals surface area contributed by atoms with E-state index in [1.807, 2.05) is 38.1 Å². The van der Waals surface area contributed by atoms with Crippen molar-refractivity contribution in [3.63, 3.8) is 0 Å². The Bertz CT molecular complexity index is 572. The van der Waals surface area contributed by atoms with Gasteiger partial charge in [0.25, 0.3) is 0 Å². The molecule has 0 atom stereocenters. The Morgan fingerprint density at radius 3 is 2.50 bits per heavy atom. The third kappa shape index (κ3) is 2.54. The fourth-order valence-corrected chi connectivity index (χ4v) is 1.75. The summed E-state index contributed by atoms with van der Waals surface area (Å²) < 4.78 is 5.26. The van der Waals surface area contributed by atoms with Crippen molar-refractivity contribution in [2.75, 3.05) is 12.4 Å². The van der Waals surface area contributed by atoms with Crippen LogP contribution in [0.25, 0.3) is 0 Å². The average Bonchev–Trinajstić information content (AvgIpc) is 2.36. The lowest BCUT2D eigenvalue weighted by Gasteiger charge is -2.12. The van der Waals surface area contributed by atoms with E-state index in [-0.39, 0.29) is 0 Å². The highest BCUT2D eigenvalue weighted by atomic mass is 35.5. The normalized spacial score (nSPS) is 10.2. The smallest absolute Gasteiger partial charge is 0.172 e. The van der Waals surface area contributed by atoms with E-state index in [2.05, 4.69) is 15.3 Å². The molecule has 0 aliphatic rings. The van der Waals surface area contributed by atoms with Crippen LogP contribution in [0, 0.1) is 13.8 Å². The van der Waals surface area contributed by atoms with Gasteiger partial charge < -0.3 is 10.1 Å². The first-order valence-electron chi connectivity index (χ1n) is 5.52. The maximum Gasteiger partial charge on any atom is 0.172 e. The number of aryl methyl sites for hydroxylation is 2. The molecule has 94 valence electrons. The summed E-state index contributed by atoms with van der Waals surface area (Å²) in [5, 5.41) is 3.48. The number of methoxy groups -OCH3 is 1. The largest absolute Gasteiger partial charge is 0.495 e. The van der Waals surface area contributed by atoms with E-state index in [0.29, 0.717) is 11.0 Å². The second kappa shape index (κ2) is 5.23. The van der Waals surface area contributed by atoms with Gasteiger partial charge in [0.1, 0.15) is 5.75 Å². The number of rotatable bonds is 3. The summed E-state index contributed by atoms with van der Waals surface area (Å²) in [5.74, 6) is 1.26. The van der Waals surface area contributed by atoms with E-state index in [1.165, 1.54) is 0 Å². The Labute approximate surface area is 111 Å². The minimum Gasteiger partial charge on any atom is -0.495 e. The third-order valence-electron chi connectivity index (χ3n) is 2.62. The second-order valence-electron chi connectivity index (χ2n) is 3.86. The van der Waals surface area contributed by atoms with Gasteiger partial charge in [-0.15, -0.1) is 0 Å². The van der Waals surface area contributed by atoms with Gasteiger partial charge in [-0.1, -0.05) is 23.7 Å². The van der Waals surface area contributed by atoms with Crippen LogP contribution in [0.2, 0.25) is 5.15 Å². The van der Waals surface area contributed by atoms with Crippen molar-refractivity contribution in [1.82, 2.24) is 9.97 Å². The minimum atomic E-state index is 0.351. The van der Waals surface area contributed by atoms with Crippen LogP contribution in [0.3, 0.4) is 0 Å². The molecular weight excluding hydrogens is 250 g/mol. The molecule has 0 unspecified atom stereocenters. The fourth-order valence-electron chi connectivity index (χ4n) is 1.53. The number of nitrogens with one attached hydrogen (secondary N) is 1. The molecule has 2 aromatic rings. The quantitative estimate of drug-likeness (QED) is 0.921. The third-order valence-corrected chi connectivity index (χ3v) is 2.89. The summed E-state index contributed by atoms with van der Waals surface area (Å²) in [6, 6.07) is 7.57. The standard InChI is InChI=1S/C13H14ClN3O/c1-8-9(2)16-13(12(14)15-8)17-10-6-4-5-7-11(10)18-3/h4-7H,1-3H3,(H,16,17). The maximum absolute atomic E-state index is 6.07. The molecule has 0 radical (unpaired) electrons. The molecule has 1 N–H and O–H groups in total. The van der Waals surface area contributed by atoms with Crippen molar-refractivity contribution in [2.45, 2.75) is 13.8 Å². The van der Waals surface area contributed by atoms with E-state index in [1.54, 1.807) is 7.11 Å². The van der Waals surface area contributed by atoms with Gasteiger partial charge in [-0.2, -0.15) is 0 Å². The van der Waals surface area contributed by atoms with Crippen molar-refractivity contribution in [2.24, 2.45) is 0 Å². The second-order valence-corrected chi connectivity index (χ2v) is 4.22. The van der Waals surface area contributed by atoms with E-state index in [9.17, 15) is 0 Å². The number of hydrogen-bond donors (Lipinski definition) is 1. The van der Waals surface area contributed by atoms with Gasteiger partial charge >= 0.3 is 0 Å². The number of anilines is 2. The summed E-state index contributed by atoms with van der Waals surface area (Å²) >= 11 is 6.07.